The van der Waals surface area contributed by atoms with Crippen LogP contribution in [0, 0.1) is 5.92 Å². The molecule has 1 aromatic rings. The summed E-state index contributed by atoms with van der Waals surface area (Å²) in [6.07, 6.45) is 0.931. The van der Waals surface area contributed by atoms with Crippen LogP contribution < -0.4 is 0 Å². The zero-order valence-corrected chi connectivity index (χ0v) is 11.7. The zero-order valence-electron chi connectivity index (χ0n) is 8.85. The SMILES string of the molecule is CC(C)CCO.Oc1ccccc1.[Y]. The molecule has 77 valence electrons. The Morgan fingerprint density at radius 2 is 1.64 bits per heavy atom. The molecule has 1 rings (SSSR count). The molecular formula is C11H18O2Y. The van der Waals surface area contributed by atoms with Crippen molar-refractivity contribution in [3.05, 3.63) is 30.3 Å². The molecule has 2 nitrogen and oxygen atoms in total. The van der Waals surface area contributed by atoms with Crippen molar-refractivity contribution in [3.63, 3.8) is 0 Å². The zero-order chi connectivity index (χ0) is 10.1. The standard InChI is InChI=1S/C6H6O.C5H12O.Y/c7-6-4-2-1-3-5-6;1-5(2)3-4-6;/h1-5,7H;5-6H,3-4H2,1-2H3;. The normalized spacial score (nSPS) is 8.57. The molecular weight excluding hydrogens is 253 g/mol. The molecule has 0 heterocycles. The Bertz CT molecular complexity index is 200. The fourth-order valence-electron chi connectivity index (χ4n) is 0.686. The molecule has 0 saturated carbocycles. The number of para-hydroxylation sites is 1. The van der Waals surface area contributed by atoms with E-state index in [-0.39, 0.29) is 32.7 Å². The molecule has 0 aliphatic heterocycles. The van der Waals surface area contributed by atoms with Crippen LogP contribution >= 0.6 is 0 Å². The first-order valence-corrected chi connectivity index (χ1v) is 4.51. The van der Waals surface area contributed by atoms with E-state index in [4.69, 9.17) is 10.2 Å². The van der Waals surface area contributed by atoms with Crippen molar-refractivity contribution in [1.82, 2.24) is 0 Å². The number of hydrogen-bond acceptors (Lipinski definition) is 2. The molecule has 0 saturated heterocycles. The van der Waals surface area contributed by atoms with Gasteiger partial charge in [0.2, 0.25) is 0 Å². The first-order chi connectivity index (χ1) is 6.16. The van der Waals surface area contributed by atoms with Crippen LogP contribution in [0.3, 0.4) is 0 Å². The van der Waals surface area contributed by atoms with E-state index >= 15 is 0 Å². The van der Waals surface area contributed by atoms with E-state index in [9.17, 15) is 0 Å². The van der Waals surface area contributed by atoms with Crippen molar-refractivity contribution >= 4 is 0 Å². The van der Waals surface area contributed by atoms with Gasteiger partial charge in [-0.3, -0.25) is 0 Å². The summed E-state index contributed by atoms with van der Waals surface area (Å²) in [6, 6.07) is 8.71. The van der Waals surface area contributed by atoms with Gasteiger partial charge in [-0.05, 0) is 24.5 Å². The number of phenolic OH excluding ortho intramolecular Hbond substituents is 1. The average molecular weight is 271 g/mol. The maximum atomic E-state index is 8.63. The Labute approximate surface area is 111 Å². The van der Waals surface area contributed by atoms with E-state index in [2.05, 4.69) is 13.8 Å². The molecule has 0 aromatic heterocycles. The van der Waals surface area contributed by atoms with Gasteiger partial charge in [-0.25, -0.2) is 0 Å². The van der Waals surface area contributed by atoms with Gasteiger partial charge >= 0.3 is 0 Å². The van der Waals surface area contributed by atoms with Crippen molar-refractivity contribution in [2.75, 3.05) is 6.61 Å². The minimum atomic E-state index is 0. The predicted octanol–water partition coefficient (Wildman–Crippen LogP) is 2.41. The monoisotopic (exact) mass is 271 g/mol. The van der Waals surface area contributed by atoms with Gasteiger partial charge < -0.3 is 10.2 Å². The van der Waals surface area contributed by atoms with Gasteiger partial charge in [-0.15, -0.1) is 0 Å². The van der Waals surface area contributed by atoms with Crippen molar-refractivity contribution < 1.29 is 42.9 Å². The van der Waals surface area contributed by atoms with Crippen LogP contribution in [-0.4, -0.2) is 16.8 Å². The van der Waals surface area contributed by atoms with Crippen LogP contribution in [0.2, 0.25) is 0 Å². The first-order valence-electron chi connectivity index (χ1n) is 4.51. The second-order valence-corrected chi connectivity index (χ2v) is 3.24. The summed E-state index contributed by atoms with van der Waals surface area (Å²) in [6.45, 7) is 4.52. The molecule has 1 aromatic carbocycles. The fourth-order valence-corrected chi connectivity index (χ4v) is 0.686. The van der Waals surface area contributed by atoms with E-state index < -0.39 is 0 Å². The average Bonchev–Trinajstić information content (AvgIpc) is 2.06. The van der Waals surface area contributed by atoms with E-state index in [1.54, 1.807) is 24.3 Å². The second kappa shape index (κ2) is 11.2. The Morgan fingerprint density at radius 1 is 1.14 bits per heavy atom. The van der Waals surface area contributed by atoms with Crippen molar-refractivity contribution in [2.45, 2.75) is 20.3 Å². The number of phenols is 1. The third-order valence-electron chi connectivity index (χ3n) is 1.46. The van der Waals surface area contributed by atoms with Gasteiger partial charge in [-0.1, -0.05) is 32.0 Å². The van der Waals surface area contributed by atoms with Gasteiger partial charge in [0.25, 0.3) is 0 Å². The molecule has 0 aliphatic rings. The molecule has 14 heavy (non-hydrogen) atoms. The Kier molecular flexibility index (Phi) is 13.2. The molecule has 3 heteroatoms. The topological polar surface area (TPSA) is 40.5 Å². The molecule has 0 unspecified atom stereocenters. The fraction of sp³-hybridized carbons (Fsp3) is 0.455. The predicted molar refractivity (Wildman–Crippen MR) is 54.6 cm³/mol. The van der Waals surface area contributed by atoms with Crippen molar-refractivity contribution in [2.24, 2.45) is 5.92 Å². The van der Waals surface area contributed by atoms with Crippen LogP contribution in [0.25, 0.3) is 0 Å². The quantitative estimate of drug-likeness (QED) is 0.867. The third kappa shape index (κ3) is 12.1. The van der Waals surface area contributed by atoms with Crippen molar-refractivity contribution in [1.29, 1.82) is 0 Å². The van der Waals surface area contributed by atoms with E-state index in [1.165, 1.54) is 0 Å². The van der Waals surface area contributed by atoms with Crippen LogP contribution in [0.1, 0.15) is 20.3 Å². The number of rotatable bonds is 2. The number of aromatic hydroxyl groups is 1. The number of benzene rings is 1. The van der Waals surface area contributed by atoms with Gasteiger partial charge in [0.15, 0.2) is 0 Å². The smallest absolute Gasteiger partial charge is 0.115 e. The van der Waals surface area contributed by atoms with Crippen LogP contribution in [0.5, 0.6) is 5.75 Å². The Morgan fingerprint density at radius 3 is 1.79 bits per heavy atom. The van der Waals surface area contributed by atoms with Gasteiger partial charge in [0, 0.05) is 39.3 Å². The molecule has 0 spiro atoms. The van der Waals surface area contributed by atoms with Crippen LogP contribution in [0.4, 0.5) is 0 Å². The van der Waals surface area contributed by atoms with Gasteiger partial charge in [-0.2, -0.15) is 0 Å². The van der Waals surface area contributed by atoms with Crippen molar-refractivity contribution in [3.8, 4) is 5.75 Å². The van der Waals surface area contributed by atoms with E-state index in [1.807, 2.05) is 6.07 Å². The van der Waals surface area contributed by atoms with Crippen LogP contribution in [0.15, 0.2) is 30.3 Å². The molecule has 0 aliphatic carbocycles. The molecule has 1 radical (unpaired) electrons. The third-order valence-corrected chi connectivity index (χ3v) is 1.46. The molecule has 0 amide bonds. The second-order valence-electron chi connectivity index (χ2n) is 3.24. The molecule has 0 atom stereocenters. The number of aliphatic hydroxyl groups is 1. The maximum Gasteiger partial charge on any atom is 0.115 e. The largest absolute Gasteiger partial charge is 0.508 e. The van der Waals surface area contributed by atoms with Crippen LogP contribution in [-0.2, 0) is 32.7 Å². The summed E-state index contributed by atoms with van der Waals surface area (Å²) in [5.41, 5.74) is 0. The van der Waals surface area contributed by atoms with E-state index in [0.717, 1.165) is 6.42 Å². The van der Waals surface area contributed by atoms with E-state index in [0.29, 0.717) is 18.3 Å². The summed E-state index contributed by atoms with van der Waals surface area (Å²) in [7, 11) is 0. The number of aliphatic hydroxyl groups excluding tert-OH is 1. The minimum absolute atomic E-state index is 0. The maximum absolute atomic E-state index is 8.63. The molecule has 2 N–H and O–H groups in total. The summed E-state index contributed by atoms with van der Waals surface area (Å²) < 4.78 is 0. The minimum Gasteiger partial charge on any atom is -0.508 e. The van der Waals surface area contributed by atoms with Gasteiger partial charge in [0.1, 0.15) is 5.75 Å². The summed E-state index contributed by atoms with van der Waals surface area (Å²) in [4.78, 5) is 0. The number of hydrogen-bond donors (Lipinski definition) is 2. The molecule has 0 bridgehead atoms. The molecule has 0 fully saturated rings. The summed E-state index contributed by atoms with van der Waals surface area (Å²) >= 11 is 0. The Hall–Kier alpha value is 0.0839. The summed E-state index contributed by atoms with van der Waals surface area (Å²) in [5, 5.41) is 16.9. The van der Waals surface area contributed by atoms with Gasteiger partial charge in [0.05, 0.1) is 0 Å². The Balaban J connectivity index is 0. The summed E-state index contributed by atoms with van der Waals surface area (Å²) in [5.74, 6) is 0.970. The first kappa shape index (κ1) is 16.5.